The van der Waals surface area contributed by atoms with E-state index < -0.39 is 0 Å². The Morgan fingerprint density at radius 1 is 1.19 bits per heavy atom. The Balaban J connectivity index is 1.47. The molecule has 0 spiro atoms. The standard InChI is InChI=1S/C18H16N6O2/c1-24-13(7-9-21-24)11-20-18(25)22-12-5-6-14-16(10-12)26-17(23-14)15-4-2-3-8-19-15/h2-10H,11H2,1H3,(H2,20,22,25). The number of carbonyl (C=O) groups is 1. The highest BCUT2D eigenvalue weighted by Gasteiger charge is 2.10. The van der Waals surface area contributed by atoms with Crippen LogP contribution in [0.2, 0.25) is 0 Å². The molecule has 0 aliphatic carbocycles. The molecule has 0 saturated carbocycles. The normalized spacial score (nSPS) is 10.8. The van der Waals surface area contributed by atoms with E-state index in [4.69, 9.17) is 4.42 Å². The van der Waals surface area contributed by atoms with E-state index in [2.05, 4.69) is 25.7 Å². The Morgan fingerprint density at radius 3 is 2.88 bits per heavy atom. The topological polar surface area (TPSA) is 97.9 Å². The van der Waals surface area contributed by atoms with Gasteiger partial charge in [0.15, 0.2) is 5.58 Å². The van der Waals surface area contributed by atoms with Crippen molar-refractivity contribution in [1.29, 1.82) is 0 Å². The monoisotopic (exact) mass is 348 g/mol. The van der Waals surface area contributed by atoms with Crippen LogP contribution in [0.15, 0.2) is 59.3 Å². The number of hydrogen-bond donors (Lipinski definition) is 2. The fraction of sp³-hybridized carbons (Fsp3) is 0.111. The van der Waals surface area contributed by atoms with E-state index in [9.17, 15) is 4.79 Å². The van der Waals surface area contributed by atoms with E-state index in [1.807, 2.05) is 31.3 Å². The molecule has 4 rings (SSSR count). The fourth-order valence-electron chi connectivity index (χ4n) is 2.52. The van der Waals surface area contributed by atoms with E-state index in [0.717, 1.165) is 5.69 Å². The maximum Gasteiger partial charge on any atom is 0.319 e. The minimum absolute atomic E-state index is 0.310. The number of aromatic nitrogens is 4. The number of urea groups is 1. The second kappa shape index (κ2) is 6.67. The van der Waals surface area contributed by atoms with Gasteiger partial charge in [-0.05, 0) is 30.3 Å². The number of nitrogens with one attached hydrogen (secondary N) is 2. The summed E-state index contributed by atoms with van der Waals surface area (Å²) in [6, 6.07) is 12.4. The van der Waals surface area contributed by atoms with Crippen molar-refractivity contribution in [1.82, 2.24) is 25.1 Å². The number of fused-ring (bicyclic) bond motifs is 1. The molecule has 8 heteroatoms. The zero-order valence-corrected chi connectivity index (χ0v) is 14.0. The number of carbonyl (C=O) groups excluding carboxylic acids is 1. The van der Waals surface area contributed by atoms with Crippen molar-refractivity contribution in [3.05, 3.63) is 60.6 Å². The van der Waals surface area contributed by atoms with Gasteiger partial charge in [-0.3, -0.25) is 9.67 Å². The van der Waals surface area contributed by atoms with Crippen molar-refractivity contribution in [3.63, 3.8) is 0 Å². The van der Waals surface area contributed by atoms with Gasteiger partial charge in [0.1, 0.15) is 11.2 Å². The molecule has 2 N–H and O–H groups in total. The highest BCUT2D eigenvalue weighted by atomic mass is 16.3. The predicted octanol–water partition coefficient (Wildman–Crippen LogP) is 2.95. The van der Waals surface area contributed by atoms with E-state index in [1.165, 1.54) is 0 Å². The lowest BCUT2D eigenvalue weighted by Gasteiger charge is -2.07. The van der Waals surface area contributed by atoms with Crippen molar-refractivity contribution in [2.75, 3.05) is 5.32 Å². The van der Waals surface area contributed by atoms with Gasteiger partial charge in [-0.25, -0.2) is 9.78 Å². The number of oxazole rings is 1. The molecule has 0 radical (unpaired) electrons. The molecule has 0 fully saturated rings. The van der Waals surface area contributed by atoms with Crippen LogP contribution < -0.4 is 10.6 Å². The maximum absolute atomic E-state index is 12.1. The molecule has 3 heterocycles. The van der Waals surface area contributed by atoms with Crippen LogP contribution in [0.25, 0.3) is 22.7 Å². The quantitative estimate of drug-likeness (QED) is 0.591. The number of aryl methyl sites for hydroxylation is 1. The molecule has 0 saturated heterocycles. The Labute approximate surface area is 148 Å². The molecule has 0 atom stereocenters. The molecule has 2 amide bonds. The number of amides is 2. The van der Waals surface area contributed by atoms with E-state index >= 15 is 0 Å². The van der Waals surface area contributed by atoms with Gasteiger partial charge in [0.25, 0.3) is 0 Å². The van der Waals surface area contributed by atoms with Gasteiger partial charge < -0.3 is 15.1 Å². The van der Waals surface area contributed by atoms with Crippen LogP contribution in [-0.2, 0) is 13.6 Å². The molecule has 4 aromatic rings. The number of anilines is 1. The molecule has 130 valence electrons. The zero-order valence-electron chi connectivity index (χ0n) is 14.0. The average Bonchev–Trinajstić information content (AvgIpc) is 3.26. The Bertz CT molecular complexity index is 1050. The summed E-state index contributed by atoms with van der Waals surface area (Å²) in [5.74, 6) is 0.443. The summed E-state index contributed by atoms with van der Waals surface area (Å²) < 4.78 is 7.46. The van der Waals surface area contributed by atoms with Gasteiger partial charge in [0.2, 0.25) is 5.89 Å². The molecule has 0 aliphatic rings. The number of pyridine rings is 1. The minimum atomic E-state index is -0.310. The molecular weight excluding hydrogens is 332 g/mol. The first-order chi connectivity index (χ1) is 12.7. The summed E-state index contributed by atoms with van der Waals surface area (Å²) in [5.41, 5.74) is 3.46. The molecular formula is C18H16N6O2. The number of rotatable bonds is 4. The summed E-state index contributed by atoms with van der Waals surface area (Å²) in [4.78, 5) is 20.7. The third-order valence-electron chi connectivity index (χ3n) is 3.88. The third-order valence-corrected chi connectivity index (χ3v) is 3.88. The summed E-state index contributed by atoms with van der Waals surface area (Å²) >= 11 is 0. The Morgan fingerprint density at radius 2 is 2.12 bits per heavy atom. The smallest absolute Gasteiger partial charge is 0.319 e. The lowest BCUT2D eigenvalue weighted by Crippen LogP contribution is -2.28. The maximum atomic E-state index is 12.1. The average molecular weight is 348 g/mol. The SMILES string of the molecule is Cn1nccc1CNC(=O)Nc1ccc2nc(-c3ccccn3)oc2c1. The van der Waals surface area contributed by atoms with Gasteiger partial charge in [-0.2, -0.15) is 5.10 Å². The van der Waals surface area contributed by atoms with E-state index in [1.54, 1.807) is 35.3 Å². The van der Waals surface area contributed by atoms with Crippen LogP contribution in [0.1, 0.15) is 5.69 Å². The second-order valence-electron chi connectivity index (χ2n) is 5.67. The molecule has 0 aliphatic heterocycles. The molecule has 3 aromatic heterocycles. The van der Waals surface area contributed by atoms with Gasteiger partial charge in [-0.1, -0.05) is 6.07 Å². The lowest BCUT2D eigenvalue weighted by molar-refractivity contribution is 0.251. The predicted molar refractivity (Wildman–Crippen MR) is 96.3 cm³/mol. The summed E-state index contributed by atoms with van der Waals surface area (Å²) in [6.07, 6.45) is 3.37. The molecule has 0 unspecified atom stereocenters. The van der Waals surface area contributed by atoms with Crippen LogP contribution in [0.5, 0.6) is 0 Å². The van der Waals surface area contributed by atoms with Crippen molar-refractivity contribution < 1.29 is 9.21 Å². The Kier molecular flexibility index (Phi) is 4.06. The van der Waals surface area contributed by atoms with Gasteiger partial charge >= 0.3 is 6.03 Å². The van der Waals surface area contributed by atoms with E-state index in [-0.39, 0.29) is 6.03 Å². The minimum Gasteiger partial charge on any atom is -0.435 e. The van der Waals surface area contributed by atoms with Gasteiger partial charge in [0, 0.05) is 31.2 Å². The van der Waals surface area contributed by atoms with Crippen molar-refractivity contribution >= 4 is 22.8 Å². The zero-order chi connectivity index (χ0) is 17.9. The van der Waals surface area contributed by atoms with Crippen molar-refractivity contribution in [2.24, 2.45) is 7.05 Å². The number of hydrogen-bond acceptors (Lipinski definition) is 5. The van der Waals surface area contributed by atoms with Crippen molar-refractivity contribution in [2.45, 2.75) is 6.54 Å². The van der Waals surface area contributed by atoms with Crippen molar-refractivity contribution in [3.8, 4) is 11.6 Å². The van der Waals surface area contributed by atoms with Gasteiger partial charge in [0.05, 0.1) is 12.2 Å². The third kappa shape index (κ3) is 3.25. The van der Waals surface area contributed by atoms with Crippen LogP contribution in [0.4, 0.5) is 10.5 Å². The lowest BCUT2D eigenvalue weighted by atomic mass is 10.3. The highest BCUT2D eigenvalue weighted by Crippen LogP contribution is 2.25. The first-order valence-electron chi connectivity index (χ1n) is 8.03. The molecule has 1 aromatic carbocycles. The highest BCUT2D eigenvalue weighted by molar-refractivity contribution is 5.91. The van der Waals surface area contributed by atoms with Crippen LogP contribution >= 0.6 is 0 Å². The molecule has 0 bridgehead atoms. The summed E-state index contributed by atoms with van der Waals surface area (Å²) in [5, 5.41) is 9.63. The fourth-order valence-corrected chi connectivity index (χ4v) is 2.52. The number of benzene rings is 1. The number of nitrogens with zero attached hydrogens (tertiary/aromatic N) is 4. The van der Waals surface area contributed by atoms with Crippen LogP contribution in [-0.4, -0.2) is 25.8 Å². The van der Waals surface area contributed by atoms with Crippen LogP contribution in [0.3, 0.4) is 0 Å². The molecule has 26 heavy (non-hydrogen) atoms. The van der Waals surface area contributed by atoms with Crippen LogP contribution in [0, 0.1) is 0 Å². The largest absolute Gasteiger partial charge is 0.435 e. The molecule has 8 nitrogen and oxygen atoms in total. The second-order valence-corrected chi connectivity index (χ2v) is 5.67. The van der Waals surface area contributed by atoms with Gasteiger partial charge in [-0.15, -0.1) is 0 Å². The van der Waals surface area contributed by atoms with E-state index in [0.29, 0.717) is 34.9 Å². The summed E-state index contributed by atoms with van der Waals surface area (Å²) in [7, 11) is 1.83. The first-order valence-corrected chi connectivity index (χ1v) is 8.03. The Hall–Kier alpha value is -3.68. The summed E-state index contributed by atoms with van der Waals surface area (Å²) in [6.45, 7) is 0.386. The first kappa shape index (κ1) is 15.8.